The zero-order chi connectivity index (χ0) is 11.8. The SMILES string of the molecule is CCNCC1CCN(C(=O)CCOC)CC1.Cl. The van der Waals surface area contributed by atoms with Crippen molar-refractivity contribution in [3.63, 3.8) is 0 Å². The Balaban J connectivity index is 0.00000256. The molecule has 0 aliphatic carbocycles. The Labute approximate surface area is 110 Å². The van der Waals surface area contributed by atoms with Crippen LogP contribution in [0, 0.1) is 5.92 Å². The van der Waals surface area contributed by atoms with Crippen LogP contribution in [0.4, 0.5) is 0 Å². The van der Waals surface area contributed by atoms with Gasteiger partial charge in [0.1, 0.15) is 0 Å². The number of nitrogens with zero attached hydrogens (tertiary/aromatic N) is 1. The zero-order valence-electron chi connectivity index (χ0n) is 10.9. The normalized spacial score (nSPS) is 16.7. The predicted octanol–water partition coefficient (Wildman–Crippen LogP) is 1.29. The van der Waals surface area contributed by atoms with Crippen LogP contribution in [0.25, 0.3) is 0 Å². The minimum atomic E-state index is 0. The molecule has 0 unspecified atom stereocenters. The molecule has 0 atom stereocenters. The number of carbonyl (C=O) groups excluding carboxylic acids is 1. The van der Waals surface area contributed by atoms with Gasteiger partial charge in [0, 0.05) is 20.2 Å². The summed E-state index contributed by atoms with van der Waals surface area (Å²) in [6, 6.07) is 0. The number of carbonyl (C=O) groups is 1. The number of methoxy groups -OCH3 is 1. The Kier molecular flexibility index (Phi) is 9.50. The van der Waals surface area contributed by atoms with E-state index < -0.39 is 0 Å². The van der Waals surface area contributed by atoms with E-state index in [-0.39, 0.29) is 18.3 Å². The van der Waals surface area contributed by atoms with Crippen LogP contribution < -0.4 is 5.32 Å². The van der Waals surface area contributed by atoms with Crippen molar-refractivity contribution in [3.05, 3.63) is 0 Å². The van der Waals surface area contributed by atoms with Crippen molar-refractivity contribution in [1.82, 2.24) is 10.2 Å². The lowest BCUT2D eigenvalue weighted by atomic mass is 9.96. The summed E-state index contributed by atoms with van der Waals surface area (Å²) in [6.45, 7) is 6.63. The van der Waals surface area contributed by atoms with Crippen molar-refractivity contribution in [2.24, 2.45) is 5.92 Å². The molecule has 4 nitrogen and oxygen atoms in total. The second-order valence-corrected chi connectivity index (χ2v) is 4.37. The molecule has 1 rings (SSSR count). The standard InChI is InChI=1S/C12H24N2O2.ClH/c1-3-13-10-11-4-7-14(8-5-11)12(15)6-9-16-2;/h11,13H,3-10H2,1-2H3;1H. The molecule has 1 N–H and O–H groups in total. The van der Waals surface area contributed by atoms with Crippen molar-refractivity contribution < 1.29 is 9.53 Å². The smallest absolute Gasteiger partial charge is 0.224 e. The lowest BCUT2D eigenvalue weighted by Gasteiger charge is -2.32. The van der Waals surface area contributed by atoms with Gasteiger partial charge in [0.2, 0.25) is 5.91 Å². The minimum Gasteiger partial charge on any atom is -0.384 e. The molecule has 0 bridgehead atoms. The summed E-state index contributed by atoms with van der Waals surface area (Å²) in [5.41, 5.74) is 0. The van der Waals surface area contributed by atoms with Crippen molar-refractivity contribution >= 4 is 18.3 Å². The van der Waals surface area contributed by atoms with E-state index in [1.807, 2.05) is 4.90 Å². The highest BCUT2D eigenvalue weighted by molar-refractivity contribution is 5.85. The van der Waals surface area contributed by atoms with Gasteiger partial charge in [0.05, 0.1) is 13.0 Å². The van der Waals surface area contributed by atoms with Gasteiger partial charge in [-0.1, -0.05) is 6.92 Å². The molecule has 0 spiro atoms. The molecule has 0 saturated carbocycles. The van der Waals surface area contributed by atoms with Crippen LogP contribution in [0.3, 0.4) is 0 Å². The van der Waals surface area contributed by atoms with Crippen molar-refractivity contribution in [2.75, 3.05) is 39.9 Å². The fraction of sp³-hybridized carbons (Fsp3) is 0.917. The van der Waals surface area contributed by atoms with Gasteiger partial charge in [0.25, 0.3) is 0 Å². The molecule has 1 heterocycles. The largest absolute Gasteiger partial charge is 0.384 e. The van der Waals surface area contributed by atoms with Crippen LogP contribution in [0.15, 0.2) is 0 Å². The number of ether oxygens (including phenoxy) is 1. The third-order valence-corrected chi connectivity index (χ3v) is 3.17. The van der Waals surface area contributed by atoms with Gasteiger partial charge in [-0.3, -0.25) is 4.79 Å². The predicted molar refractivity (Wildman–Crippen MR) is 71.6 cm³/mol. The van der Waals surface area contributed by atoms with Crippen LogP contribution >= 0.6 is 12.4 Å². The van der Waals surface area contributed by atoms with E-state index in [0.717, 1.165) is 44.9 Å². The number of likely N-dealkylation sites (tertiary alicyclic amines) is 1. The first-order chi connectivity index (χ1) is 7.77. The number of rotatable bonds is 6. The molecule has 102 valence electrons. The van der Waals surface area contributed by atoms with Crippen LogP contribution in [0.2, 0.25) is 0 Å². The van der Waals surface area contributed by atoms with Gasteiger partial charge in [0.15, 0.2) is 0 Å². The van der Waals surface area contributed by atoms with Gasteiger partial charge in [-0.05, 0) is 31.8 Å². The first-order valence-corrected chi connectivity index (χ1v) is 6.25. The minimum absolute atomic E-state index is 0. The highest BCUT2D eigenvalue weighted by Crippen LogP contribution is 2.16. The van der Waals surface area contributed by atoms with E-state index in [1.54, 1.807) is 7.11 Å². The zero-order valence-corrected chi connectivity index (χ0v) is 11.7. The Bertz CT molecular complexity index is 207. The van der Waals surface area contributed by atoms with E-state index in [1.165, 1.54) is 0 Å². The highest BCUT2D eigenvalue weighted by atomic mass is 35.5. The lowest BCUT2D eigenvalue weighted by Crippen LogP contribution is -2.41. The number of halogens is 1. The average Bonchev–Trinajstić information content (AvgIpc) is 2.34. The maximum atomic E-state index is 11.7. The molecular weight excluding hydrogens is 240 g/mol. The summed E-state index contributed by atoms with van der Waals surface area (Å²) in [5.74, 6) is 0.982. The molecule has 0 aromatic rings. The fourth-order valence-electron chi connectivity index (χ4n) is 2.08. The summed E-state index contributed by atoms with van der Waals surface area (Å²) in [5, 5.41) is 3.37. The first-order valence-electron chi connectivity index (χ1n) is 6.25. The van der Waals surface area contributed by atoms with Crippen LogP contribution in [-0.4, -0.2) is 50.7 Å². The quantitative estimate of drug-likeness (QED) is 0.786. The summed E-state index contributed by atoms with van der Waals surface area (Å²) in [6.07, 6.45) is 2.78. The van der Waals surface area contributed by atoms with Crippen LogP contribution in [0.5, 0.6) is 0 Å². The number of hydrogen-bond donors (Lipinski definition) is 1. The van der Waals surface area contributed by atoms with E-state index >= 15 is 0 Å². The van der Waals surface area contributed by atoms with E-state index in [0.29, 0.717) is 13.0 Å². The van der Waals surface area contributed by atoms with Crippen molar-refractivity contribution in [1.29, 1.82) is 0 Å². The monoisotopic (exact) mass is 264 g/mol. The summed E-state index contributed by atoms with van der Waals surface area (Å²) < 4.78 is 4.92. The Morgan fingerprint density at radius 1 is 1.41 bits per heavy atom. The topological polar surface area (TPSA) is 41.6 Å². The summed E-state index contributed by atoms with van der Waals surface area (Å²) >= 11 is 0. The molecule has 1 fully saturated rings. The van der Waals surface area contributed by atoms with Gasteiger partial charge in [-0.15, -0.1) is 12.4 Å². The van der Waals surface area contributed by atoms with Gasteiger partial charge >= 0.3 is 0 Å². The average molecular weight is 265 g/mol. The Morgan fingerprint density at radius 2 is 2.06 bits per heavy atom. The molecule has 1 amide bonds. The number of piperidine rings is 1. The Morgan fingerprint density at radius 3 is 2.59 bits per heavy atom. The molecule has 0 radical (unpaired) electrons. The number of amides is 1. The number of nitrogens with one attached hydrogen (secondary N) is 1. The van der Waals surface area contributed by atoms with E-state index in [9.17, 15) is 4.79 Å². The molecular formula is C12H25ClN2O2. The van der Waals surface area contributed by atoms with Crippen molar-refractivity contribution in [3.8, 4) is 0 Å². The van der Waals surface area contributed by atoms with Gasteiger partial charge in [-0.2, -0.15) is 0 Å². The van der Waals surface area contributed by atoms with Crippen LogP contribution in [-0.2, 0) is 9.53 Å². The molecule has 1 saturated heterocycles. The van der Waals surface area contributed by atoms with Crippen LogP contribution in [0.1, 0.15) is 26.2 Å². The molecule has 5 heteroatoms. The molecule has 17 heavy (non-hydrogen) atoms. The van der Waals surface area contributed by atoms with Gasteiger partial charge in [-0.25, -0.2) is 0 Å². The van der Waals surface area contributed by atoms with E-state index in [2.05, 4.69) is 12.2 Å². The molecule has 1 aliphatic heterocycles. The van der Waals surface area contributed by atoms with E-state index in [4.69, 9.17) is 4.74 Å². The third kappa shape index (κ3) is 6.24. The fourth-order valence-corrected chi connectivity index (χ4v) is 2.08. The maximum Gasteiger partial charge on any atom is 0.224 e. The Hall–Kier alpha value is -0.320. The molecule has 1 aliphatic rings. The van der Waals surface area contributed by atoms with Crippen molar-refractivity contribution in [2.45, 2.75) is 26.2 Å². The lowest BCUT2D eigenvalue weighted by molar-refractivity contribution is -0.133. The molecule has 0 aromatic carbocycles. The van der Waals surface area contributed by atoms with Gasteiger partial charge < -0.3 is 15.0 Å². The summed E-state index contributed by atoms with van der Waals surface area (Å²) in [7, 11) is 1.63. The second-order valence-electron chi connectivity index (χ2n) is 4.37. The molecule has 0 aromatic heterocycles. The third-order valence-electron chi connectivity index (χ3n) is 3.17. The highest BCUT2D eigenvalue weighted by Gasteiger charge is 2.21. The number of hydrogen-bond acceptors (Lipinski definition) is 3. The maximum absolute atomic E-state index is 11.7. The summed E-state index contributed by atoms with van der Waals surface area (Å²) in [4.78, 5) is 13.7. The second kappa shape index (κ2) is 9.68. The first kappa shape index (κ1) is 16.7.